The first-order chi connectivity index (χ1) is 15.0. The van der Waals surface area contributed by atoms with Crippen LogP contribution in [0, 0.1) is 6.92 Å². The number of nitrogens with one attached hydrogen (secondary N) is 2. The Hall–Kier alpha value is -3.72. The average molecular weight is 431 g/mol. The van der Waals surface area contributed by atoms with E-state index in [4.69, 9.17) is 4.74 Å². The minimum absolute atomic E-state index is 0.0328. The second-order valence-corrected chi connectivity index (χ2v) is 8.74. The van der Waals surface area contributed by atoms with Crippen LogP contribution in [0.4, 0.5) is 11.5 Å². The van der Waals surface area contributed by atoms with Crippen LogP contribution in [-0.2, 0) is 15.0 Å². The van der Waals surface area contributed by atoms with Gasteiger partial charge < -0.3 is 15.4 Å². The number of amides is 2. The lowest BCUT2D eigenvalue weighted by molar-refractivity contribution is -0.125. The molecular formula is C22H17N5O3S. The fourth-order valence-corrected chi connectivity index (χ4v) is 5.48. The van der Waals surface area contributed by atoms with Crippen LogP contribution >= 0.6 is 11.3 Å². The van der Waals surface area contributed by atoms with Crippen molar-refractivity contribution in [3.63, 3.8) is 0 Å². The van der Waals surface area contributed by atoms with Gasteiger partial charge in [0, 0.05) is 17.7 Å². The van der Waals surface area contributed by atoms with Crippen molar-refractivity contribution in [2.24, 2.45) is 0 Å². The Balaban J connectivity index is 1.56. The van der Waals surface area contributed by atoms with Gasteiger partial charge in [0.1, 0.15) is 17.0 Å². The molecule has 31 heavy (non-hydrogen) atoms. The smallest absolute Gasteiger partial charge is 0.240 e. The van der Waals surface area contributed by atoms with Gasteiger partial charge in [-0.05, 0) is 36.2 Å². The molecule has 6 rings (SSSR count). The van der Waals surface area contributed by atoms with Crippen molar-refractivity contribution in [3.8, 4) is 10.9 Å². The predicted molar refractivity (Wildman–Crippen MR) is 117 cm³/mol. The van der Waals surface area contributed by atoms with Crippen LogP contribution in [0.25, 0.3) is 15.3 Å². The number of carbonyl (C=O) groups is 2. The molecule has 2 amide bonds. The van der Waals surface area contributed by atoms with Gasteiger partial charge in [-0.25, -0.2) is 4.98 Å². The molecule has 154 valence electrons. The third-order valence-electron chi connectivity index (χ3n) is 6.04. The number of ether oxygens (including phenoxy) is 1. The van der Waals surface area contributed by atoms with Crippen LogP contribution in [0.15, 0.2) is 42.6 Å². The van der Waals surface area contributed by atoms with Crippen LogP contribution in [0.5, 0.6) is 5.75 Å². The SMILES string of the molecule is COc1ccc2nc(-n3ncc4c3NC(=O)C[C@]43C(=O)Nc4c(C)cccc43)sc2c1. The van der Waals surface area contributed by atoms with E-state index in [-0.39, 0.29) is 18.2 Å². The second kappa shape index (κ2) is 6.14. The molecule has 0 saturated carbocycles. The summed E-state index contributed by atoms with van der Waals surface area (Å²) in [7, 11) is 1.62. The Morgan fingerprint density at radius 3 is 2.87 bits per heavy atom. The number of nitrogens with zero attached hydrogens (tertiary/aromatic N) is 3. The first-order valence-electron chi connectivity index (χ1n) is 9.76. The number of fused-ring (bicyclic) bond motifs is 5. The molecule has 0 fully saturated rings. The van der Waals surface area contributed by atoms with E-state index in [2.05, 4.69) is 20.7 Å². The molecule has 0 radical (unpaired) electrons. The molecule has 2 aliphatic heterocycles. The number of para-hydroxylation sites is 1. The summed E-state index contributed by atoms with van der Waals surface area (Å²) < 4.78 is 7.84. The largest absolute Gasteiger partial charge is 0.497 e. The Morgan fingerprint density at radius 1 is 1.16 bits per heavy atom. The third kappa shape index (κ3) is 2.35. The molecule has 0 aliphatic carbocycles. The molecule has 2 N–H and O–H groups in total. The summed E-state index contributed by atoms with van der Waals surface area (Å²) in [6.07, 6.45) is 1.70. The van der Waals surface area contributed by atoms with E-state index in [0.717, 1.165) is 32.8 Å². The lowest BCUT2D eigenvalue weighted by atomic mass is 9.71. The summed E-state index contributed by atoms with van der Waals surface area (Å²) in [5.41, 5.74) is 2.92. The summed E-state index contributed by atoms with van der Waals surface area (Å²) in [5.74, 6) is 0.779. The number of aromatic nitrogens is 3. The molecule has 0 unspecified atom stereocenters. The first kappa shape index (κ1) is 18.1. The lowest BCUT2D eigenvalue weighted by Crippen LogP contribution is -2.43. The van der Waals surface area contributed by atoms with Gasteiger partial charge in [-0.1, -0.05) is 29.5 Å². The van der Waals surface area contributed by atoms with Gasteiger partial charge in [-0.3, -0.25) is 9.59 Å². The minimum atomic E-state index is -1.10. The number of rotatable bonds is 2. The fraction of sp³-hybridized carbons (Fsp3) is 0.182. The van der Waals surface area contributed by atoms with Gasteiger partial charge >= 0.3 is 0 Å². The van der Waals surface area contributed by atoms with E-state index >= 15 is 0 Å². The number of hydrogen-bond acceptors (Lipinski definition) is 6. The summed E-state index contributed by atoms with van der Waals surface area (Å²) >= 11 is 1.44. The Kier molecular flexibility index (Phi) is 3.58. The summed E-state index contributed by atoms with van der Waals surface area (Å²) in [6.45, 7) is 1.95. The Morgan fingerprint density at radius 2 is 2.03 bits per heavy atom. The zero-order valence-corrected chi connectivity index (χ0v) is 17.5. The Labute approximate surface area is 180 Å². The standard InChI is InChI=1S/C22H17N5O3S/c1-11-4-3-5-13-18(11)26-20(29)22(13)9-17(28)25-19-14(22)10-23-27(19)21-24-15-7-6-12(30-2)8-16(15)31-21/h3-8,10H,9H2,1-2H3,(H,25,28)(H,26,29)/t22-/m1/s1. The van der Waals surface area contributed by atoms with Crippen LogP contribution < -0.4 is 15.4 Å². The minimum Gasteiger partial charge on any atom is -0.497 e. The van der Waals surface area contributed by atoms with E-state index in [9.17, 15) is 9.59 Å². The maximum atomic E-state index is 13.3. The topological polar surface area (TPSA) is 98.1 Å². The first-order valence-corrected chi connectivity index (χ1v) is 10.6. The normalized spacial score (nSPS) is 19.3. The predicted octanol–water partition coefficient (Wildman–Crippen LogP) is 3.38. The molecule has 4 aromatic rings. The van der Waals surface area contributed by atoms with Crippen LogP contribution in [0.3, 0.4) is 0 Å². The van der Waals surface area contributed by atoms with Crippen LogP contribution in [0.1, 0.15) is 23.1 Å². The van der Waals surface area contributed by atoms with Crippen molar-refractivity contribution in [3.05, 3.63) is 59.3 Å². The number of aryl methyl sites for hydroxylation is 1. The molecule has 0 saturated heterocycles. The molecule has 0 bridgehead atoms. The van der Waals surface area contributed by atoms with E-state index < -0.39 is 5.41 Å². The Bertz CT molecular complexity index is 1420. The van der Waals surface area contributed by atoms with E-state index in [1.165, 1.54) is 11.3 Å². The molecule has 1 spiro atoms. The van der Waals surface area contributed by atoms with Crippen LogP contribution in [0.2, 0.25) is 0 Å². The van der Waals surface area contributed by atoms with Gasteiger partial charge in [0.25, 0.3) is 0 Å². The highest BCUT2D eigenvalue weighted by Crippen LogP contribution is 2.51. The molecule has 2 aromatic carbocycles. The lowest BCUT2D eigenvalue weighted by Gasteiger charge is -2.31. The highest BCUT2D eigenvalue weighted by molar-refractivity contribution is 7.20. The molecule has 2 aliphatic rings. The molecule has 4 heterocycles. The van der Waals surface area contributed by atoms with Crippen molar-refractivity contribution in [2.75, 3.05) is 17.7 Å². The van der Waals surface area contributed by atoms with Crippen molar-refractivity contribution < 1.29 is 14.3 Å². The van der Waals surface area contributed by atoms with Crippen LogP contribution in [-0.4, -0.2) is 33.7 Å². The maximum Gasteiger partial charge on any atom is 0.240 e. The third-order valence-corrected chi connectivity index (χ3v) is 7.03. The molecular weight excluding hydrogens is 414 g/mol. The second-order valence-electron chi connectivity index (χ2n) is 7.73. The molecule has 9 heteroatoms. The quantitative estimate of drug-likeness (QED) is 0.507. The number of hydrogen-bond donors (Lipinski definition) is 2. The van der Waals surface area contributed by atoms with Crippen molar-refractivity contribution >= 4 is 44.9 Å². The van der Waals surface area contributed by atoms with E-state index in [1.807, 2.05) is 43.3 Å². The molecule has 2 aromatic heterocycles. The van der Waals surface area contributed by atoms with Crippen molar-refractivity contribution in [2.45, 2.75) is 18.8 Å². The van der Waals surface area contributed by atoms with Gasteiger partial charge in [0.2, 0.25) is 16.9 Å². The van der Waals surface area contributed by atoms with Crippen molar-refractivity contribution in [1.29, 1.82) is 0 Å². The zero-order valence-electron chi connectivity index (χ0n) is 16.7. The summed E-state index contributed by atoms with van der Waals surface area (Å²) in [6, 6.07) is 11.4. The molecule has 8 nitrogen and oxygen atoms in total. The number of methoxy groups -OCH3 is 1. The molecule has 1 atom stereocenters. The van der Waals surface area contributed by atoms with Gasteiger partial charge in [0.15, 0.2) is 0 Å². The number of carbonyl (C=O) groups excluding carboxylic acids is 2. The zero-order chi connectivity index (χ0) is 21.3. The van der Waals surface area contributed by atoms with Gasteiger partial charge in [-0.2, -0.15) is 9.78 Å². The van der Waals surface area contributed by atoms with E-state index in [0.29, 0.717) is 16.5 Å². The average Bonchev–Trinajstić information content (AvgIpc) is 3.43. The van der Waals surface area contributed by atoms with E-state index in [1.54, 1.807) is 18.0 Å². The summed E-state index contributed by atoms with van der Waals surface area (Å²) in [4.78, 5) is 30.7. The number of anilines is 2. The monoisotopic (exact) mass is 431 g/mol. The number of benzene rings is 2. The van der Waals surface area contributed by atoms with Crippen molar-refractivity contribution in [1.82, 2.24) is 14.8 Å². The van der Waals surface area contributed by atoms with Gasteiger partial charge in [-0.15, -0.1) is 0 Å². The highest BCUT2D eigenvalue weighted by atomic mass is 32.1. The maximum absolute atomic E-state index is 13.3. The highest BCUT2D eigenvalue weighted by Gasteiger charge is 2.54. The summed E-state index contributed by atoms with van der Waals surface area (Å²) in [5, 5.41) is 11.0. The number of thiazole rings is 1. The van der Waals surface area contributed by atoms with Gasteiger partial charge in [0.05, 0.1) is 23.5 Å². The fourth-order valence-electron chi connectivity index (χ4n) is 4.52.